The molecule has 0 bridgehead atoms. The van der Waals surface area contributed by atoms with Crippen molar-refractivity contribution < 1.29 is 9.90 Å². The normalized spacial score (nSPS) is 11.3. The van der Waals surface area contributed by atoms with Crippen molar-refractivity contribution in [3.05, 3.63) is 53.9 Å². The Morgan fingerprint density at radius 1 is 1.28 bits per heavy atom. The highest BCUT2D eigenvalue weighted by Crippen LogP contribution is 2.14. The molecule has 18 heavy (non-hydrogen) atoms. The number of aromatic hydroxyl groups is 1. The van der Waals surface area contributed by atoms with Crippen molar-refractivity contribution in [2.45, 2.75) is 6.92 Å². The summed E-state index contributed by atoms with van der Waals surface area (Å²) < 4.78 is 0. The van der Waals surface area contributed by atoms with Crippen LogP contribution in [-0.2, 0) is 0 Å². The maximum absolute atomic E-state index is 11.8. The standard InChI is InChI=1S/C13H13N3O2/c1-9(11-6-4-8-14-11)15-16-13(18)10-5-2-3-7-12(10)17/h2-8,14,17H,1H3,(H,16,18)/b15-9+. The van der Waals surface area contributed by atoms with E-state index in [0.717, 1.165) is 5.69 Å². The van der Waals surface area contributed by atoms with Crippen LogP contribution in [0.4, 0.5) is 0 Å². The molecule has 5 nitrogen and oxygen atoms in total. The number of aromatic amines is 1. The van der Waals surface area contributed by atoms with Crippen LogP contribution in [0.25, 0.3) is 0 Å². The van der Waals surface area contributed by atoms with Gasteiger partial charge in [0.15, 0.2) is 0 Å². The predicted octanol–water partition coefficient (Wildman–Crippen LogP) is 1.87. The topological polar surface area (TPSA) is 77.5 Å². The van der Waals surface area contributed by atoms with Crippen molar-refractivity contribution in [3.63, 3.8) is 0 Å². The lowest BCUT2D eigenvalue weighted by atomic mass is 10.2. The summed E-state index contributed by atoms with van der Waals surface area (Å²) >= 11 is 0. The van der Waals surface area contributed by atoms with Gasteiger partial charge in [0.25, 0.3) is 5.91 Å². The monoisotopic (exact) mass is 243 g/mol. The first kappa shape index (κ1) is 11.9. The summed E-state index contributed by atoms with van der Waals surface area (Å²) in [5.41, 5.74) is 4.07. The Labute approximate surface area is 104 Å². The maximum Gasteiger partial charge on any atom is 0.275 e. The summed E-state index contributed by atoms with van der Waals surface area (Å²) in [5, 5.41) is 13.5. The van der Waals surface area contributed by atoms with E-state index in [9.17, 15) is 9.90 Å². The van der Waals surface area contributed by atoms with Crippen LogP contribution in [0.2, 0.25) is 0 Å². The van der Waals surface area contributed by atoms with Gasteiger partial charge < -0.3 is 10.1 Å². The molecule has 92 valence electrons. The fourth-order valence-electron chi connectivity index (χ4n) is 1.48. The molecule has 0 fully saturated rings. The molecule has 0 aliphatic rings. The van der Waals surface area contributed by atoms with Crippen LogP contribution in [-0.4, -0.2) is 21.7 Å². The number of nitrogens with zero attached hydrogens (tertiary/aromatic N) is 1. The number of aromatic nitrogens is 1. The van der Waals surface area contributed by atoms with Gasteiger partial charge in [0, 0.05) is 6.20 Å². The lowest BCUT2D eigenvalue weighted by Gasteiger charge is -2.03. The van der Waals surface area contributed by atoms with E-state index >= 15 is 0 Å². The van der Waals surface area contributed by atoms with Crippen LogP contribution < -0.4 is 5.43 Å². The number of H-pyrrole nitrogens is 1. The third-order valence-electron chi connectivity index (χ3n) is 2.46. The number of amides is 1. The summed E-state index contributed by atoms with van der Waals surface area (Å²) in [6.45, 7) is 1.77. The van der Waals surface area contributed by atoms with Gasteiger partial charge in [-0.25, -0.2) is 5.43 Å². The number of carbonyl (C=O) groups is 1. The van der Waals surface area contributed by atoms with E-state index in [1.807, 2.05) is 12.1 Å². The molecule has 0 saturated carbocycles. The highest BCUT2D eigenvalue weighted by atomic mass is 16.3. The third kappa shape index (κ3) is 2.57. The summed E-state index contributed by atoms with van der Waals surface area (Å²) in [4.78, 5) is 14.7. The minimum absolute atomic E-state index is 0.0669. The van der Waals surface area contributed by atoms with E-state index in [1.165, 1.54) is 12.1 Å². The van der Waals surface area contributed by atoms with Gasteiger partial charge in [-0.2, -0.15) is 5.10 Å². The summed E-state index contributed by atoms with van der Waals surface area (Å²) in [6, 6.07) is 10.0. The van der Waals surface area contributed by atoms with Crippen molar-refractivity contribution >= 4 is 11.6 Å². The first-order valence-electron chi connectivity index (χ1n) is 5.45. The Balaban J connectivity index is 2.09. The second-order valence-corrected chi connectivity index (χ2v) is 3.74. The molecule has 5 heteroatoms. The van der Waals surface area contributed by atoms with E-state index in [-0.39, 0.29) is 11.3 Å². The van der Waals surface area contributed by atoms with Crippen LogP contribution >= 0.6 is 0 Å². The van der Waals surface area contributed by atoms with Gasteiger partial charge >= 0.3 is 0 Å². The molecule has 1 heterocycles. The number of phenols is 1. The molecule has 0 atom stereocenters. The smallest absolute Gasteiger partial charge is 0.275 e. The first-order chi connectivity index (χ1) is 8.68. The van der Waals surface area contributed by atoms with Gasteiger partial charge in [0.05, 0.1) is 17.0 Å². The summed E-state index contributed by atoms with van der Waals surface area (Å²) in [7, 11) is 0. The Hall–Kier alpha value is -2.56. The van der Waals surface area contributed by atoms with Gasteiger partial charge in [-0.3, -0.25) is 4.79 Å². The van der Waals surface area contributed by atoms with Crippen LogP contribution in [0.1, 0.15) is 23.0 Å². The molecule has 0 radical (unpaired) electrons. The molecular weight excluding hydrogens is 230 g/mol. The van der Waals surface area contributed by atoms with Gasteiger partial charge in [0.1, 0.15) is 5.75 Å². The lowest BCUT2D eigenvalue weighted by Crippen LogP contribution is -2.19. The average molecular weight is 243 g/mol. The molecule has 1 aromatic carbocycles. The molecule has 0 unspecified atom stereocenters. The molecule has 0 aliphatic carbocycles. The molecule has 2 rings (SSSR count). The minimum atomic E-state index is -0.445. The van der Waals surface area contributed by atoms with E-state index in [1.54, 1.807) is 25.3 Å². The second kappa shape index (κ2) is 5.18. The van der Waals surface area contributed by atoms with Crippen LogP contribution in [0.5, 0.6) is 5.75 Å². The molecule has 1 amide bonds. The average Bonchev–Trinajstić information content (AvgIpc) is 2.90. The summed E-state index contributed by atoms with van der Waals surface area (Å²) in [6.07, 6.45) is 1.78. The zero-order valence-corrected chi connectivity index (χ0v) is 9.84. The predicted molar refractivity (Wildman–Crippen MR) is 68.6 cm³/mol. The fraction of sp³-hybridized carbons (Fsp3) is 0.0769. The van der Waals surface area contributed by atoms with Crippen LogP contribution in [0, 0.1) is 0 Å². The van der Waals surface area contributed by atoms with Crippen LogP contribution in [0.3, 0.4) is 0 Å². The van der Waals surface area contributed by atoms with Gasteiger partial charge in [-0.15, -0.1) is 0 Å². The number of hydrogen-bond donors (Lipinski definition) is 3. The number of para-hydroxylation sites is 1. The second-order valence-electron chi connectivity index (χ2n) is 3.74. The number of hydrazone groups is 1. The Morgan fingerprint density at radius 2 is 2.06 bits per heavy atom. The molecule has 0 saturated heterocycles. The van der Waals surface area contributed by atoms with Crippen molar-refractivity contribution in [1.82, 2.24) is 10.4 Å². The Morgan fingerprint density at radius 3 is 2.72 bits per heavy atom. The highest BCUT2D eigenvalue weighted by Gasteiger charge is 2.09. The molecular formula is C13H13N3O2. The summed E-state index contributed by atoms with van der Waals surface area (Å²) in [5.74, 6) is -0.512. The fourth-order valence-corrected chi connectivity index (χ4v) is 1.48. The Bertz CT molecular complexity index is 574. The third-order valence-corrected chi connectivity index (χ3v) is 2.46. The van der Waals surface area contributed by atoms with Crippen molar-refractivity contribution in [2.24, 2.45) is 5.10 Å². The van der Waals surface area contributed by atoms with Crippen molar-refractivity contribution in [2.75, 3.05) is 0 Å². The number of nitrogens with one attached hydrogen (secondary N) is 2. The number of phenolic OH excluding ortho intramolecular Hbond substituents is 1. The van der Waals surface area contributed by atoms with Crippen LogP contribution in [0.15, 0.2) is 47.7 Å². The first-order valence-corrected chi connectivity index (χ1v) is 5.45. The van der Waals surface area contributed by atoms with Gasteiger partial charge in [0.2, 0.25) is 0 Å². The molecule has 2 aromatic rings. The van der Waals surface area contributed by atoms with E-state index in [0.29, 0.717) is 5.71 Å². The number of benzene rings is 1. The highest BCUT2D eigenvalue weighted by molar-refractivity contribution is 6.00. The van der Waals surface area contributed by atoms with E-state index in [4.69, 9.17) is 0 Å². The lowest BCUT2D eigenvalue weighted by molar-refractivity contribution is 0.0952. The van der Waals surface area contributed by atoms with Crippen molar-refractivity contribution in [3.8, 4) is 5.75 Å². The number of hydrogen-bond acceptors (Lipinski definition) is 3. The molecule has 3 N–H and O–H groups in total. The number of rotatable bonds is 3. The van der Waals surface area contributed by atoms with Crippen molar-refractivity contribution in [1.29, 1.82) is 0 Å². The largest absolute Gasteiger partial charge is 0.507 e. The molecule has 0 spiro atoms. The van der Waals surface area contributed by atoms with Gasteiger partial charge in [-0.1, -0.05) is 12.1 Å². The zero-order chi connectivity index (χ0) is 13.0. The minimum Gasteiger partial charge on any atom is -0.507 e. The molecule has 1 aromatic heterocycles. The Kier molecular flexibility index (Phi) is 3.43. The quantitative estimate of drug-likeness (QED) is 0.568. The zero-order valence-electron chi connectivity index (χ0n) is 9.84. The number of carbonyl (C=O) groups excluding carboxylic acids is 1. The molecule has 0 aliphatic heterocycles. The van der Waals surface area contributed by atoms with E-state index in [2.05, 4.69) is 15.5 Å². The SMILES string of the molecule is C/C(=N\NC(=O)c1ccccc1O)c1ccc[nH]1. The van der Waals surface area contributed by atoms with Gasteiger partial charge in [-0.05, 0) is 31.2 Å². The maximum atomic E-state index is 11.8. The van der Waals surface area contributed by atoms with E-state index < -0.39 is 5.91 Å².